The Morgan fingerprint density at radius 1 is 0.900 bits per heavy atom. The molecule has 0 aromatic heterocycles. The number of aliphatic hydroxyl groups is 1. The molecule has 3 rings (SSSR count). The average Bonchev–Trinajstić information content (AvgIpc) is 2.75. The number of aliphatic hydroxyl groups excluding tert-OH is 1. The first kappa shape index (κ1) is 24.0. The fraction of sp³-hybridized carbons (Fsp3) is 0.250. The smallest absolute Gasteiger partial charge is 0.128 e. The first-order valence-electron chi connectivity index (χ1n) is 9.73. The molecule has 4 nitrogen and oxygen atoms in total. The van der Waals surface area contributed by atoms with Crippen molar-refractivity contribution in [3.63, 3.8) is 0 Å². The molecule has 1 atom stereocenters. The molecule has 0 fully saturated rings. The molecule has 0 radical (unpaired) electrons. The molecular weight excluding hydrogens is 421 g/mol. The van der Waals surface area contributed by atoms with Gasteiger partial charge in [0.25, 0.3) is 0 Å². The topological polar surface area (TPSA) is 64.7 Å². The van der Waals surface area contributed by atoms with E-state index in [4.69, 9.17) is 31.9 Å². The Morgan fingerprint density at radius 2 is 1.57 bits per heavy atom. The molecule has 0 aliphatic carbocycles. The van der Waals surface area contributed by atoms with Gasteiger partial charge in [-0.15, -0.1) is 12.4 Å². The van der Waals surface area contributed by atoms with Crippen LogP contribution in [0.15, 0.2) is 72.8 Å². The zero-order valence-corrected chi connectivity index (χ0v) is 18.2. The SMILES string of the molecule is Cl.NC(CO)CCCc1ccc(Oc2ccc(OCc3ccccc3)cc2)cc1Cl. The second-order valence-corrected chi connectivity index (χ2v) is 7.34. The van der Waals surface area contributed by atoms with Crippen molar-refractivity contribution in [3.8, 4) is 17.2 Å². The molecule has 6 heteroatoms. The van der Waals surface area contributed by atoms with Gasteiger partial charge in [0.1, 0.15) is 23.9 Å². The van der Waals surface area contributed by atoms with E-state index in [-0.39, 0.29) is 25.1 Å². The Kier molecular flexibility index (Phi) is 9.98. The molecule has 0 bridgehead atoms. The van der Waals surface area contributed by atoms with Crippen LogP contribution in [0.2, 0.25) is 5.02 Å². The van der Waals surface area contributed by atoms with E-state index in [0.717, 1.165) is 41.9 Å². The van der Waals surface area contributed by atoms with E-state index in [1.54, 1.807) is 0 Å². The summed E-state index contributed by atoms with van der Waals surface area (Å²) in [6.07, 6.45) is 2.47. The lowest BCUT2D eigenvalue weighted by atomic mass is 10.1. The largest absolute Gasteiger partial charge is 0.489 e. The van der Waals surface area contributed by atoms with Gasteiger partial charge in [0.15, 0.2) is 0 Å². The van der Waals surface area contributed by atoms with Crippen LogP contribution in [-0.2, 0) is 13.0 Å². The van der Waals surface area contributed by atoms with Crippen LogP contribution >= 0.6 is 24.0 Å². The standard InChI is InChI=1S/C24H26ClNO3.ClH/c25-24-15-23(10-9-19(24)7-4-8-20(26)16-27)29-22-13-11-21(12-14-22)28-17-18-5-2-1-3-6-18;/h1-3,5-6,9-15,20,27H,4,7-8,16-17,26H2;1H. The monoisotopic (exact) mass is 447 g/mol. The number of ether oxygens (including phenoxy) is 2. The lowest BCUT2D eigenvalue weighted by molar-refractivity contribution is 0.258. The molecule has 0 saturated carbocycles. The number of hydrogen-bond donors (Lipinski definition) is 2. The molecule has 0 saturated heterocycles. The molecule has 160 valence electrons. The van der Waals surface area contributed by atoms with Crippen molar-refractivity contribution in [1.29, 1.82) is 0 Å². The fourth-order valence-electron chi connectivity index (χ4n) is 2.92. The number of benzene rings is 3. The molecule has 3 aromatic rings. The van der Waals surface area contributed by atoms with Crippen molar-refractivity contribution < 1.29 is 14.6 Å². The number of aryl methyl sites for hydroxylation is 1. The summed E-state index contributed by atoms with van der Waals surface area (Å²) < 4.78 is 11.7. The van der Waals surface area contributed by atoms with Crippen LogP contribution in [0.4, 0.5) is 0 Å². The van der Waals surface area contributed by atoms with Gasteiger partial charge in [-0.2, -0.15) is 0 Å². The number of rotatable bonds is 10. The molecule has 0 spiro atoms. The highest BCUT2D eigenvalue weighted by Crippen LogP contribution is 2.29. The highest BCUT2D eigenvalue weighted by Gasteiger charge is 2.06. The van der Waals surface area contributed by atoms with Crippen LogP contribution in [0.1, 0.15) is 24.0 Å². The van der Waals surface area contributed by atoms with Gasteiger partial charge >= 0.3 is 0 Å². The zero-order valence-electron chi connectivity index (χ0n) is 16.7. The highest BCUT2D eigenvalue weighted by molar-refractivity contribution is 6.31. The van der Waals surface area contributed by atoms with Gasteiger partial charge in [-0.1, -0.05) is 48.0 Å². The van der Waals surface area contributed by atoms with E-state index in [2.05, 4.69) is 0 Å². The van der Waals surface area contributed by atoms with Crippen LogP contribution in [0.3, 0.4) is 0 Å². The predicted molar refractivity (Wildman–Crippen MR) is 124 cm³/mol. The summed E-state index contributed by atoms with van der Waals surface area (Å²) >= 11 is 6.39. The average molecular weight is 448 g/mol. The Labute approximate surface area is 189 Å². The van der Waals surface area contributed by atoms with Gasteiger partial charge in [-0.05, 0) is 66.8 Å². The summed E-state index contributed by atoms with van der Waals surface area (Å²) in [4.78, 5) is 0. The third kappa shape index (κ3) is 7.54. The van der Waals surface area contributed by atoms with Gasteiger partial charge in [0.2, 0.25) is 0 Å². The Hall–Kier alpha value is -2.24. The molecule has 3 aromatic carbocycles. The molecular formula is C24H27Cl2NO3. The molecule has 0 amide bonds. The van der Waals surface area contributed by atoms with Gasteiger partial charge in [-0.3, -0.25) is 0 Å². The summed E-state index contributed by atoms with van der Waals surface area (Å²) in [5.74, 6) is 2.19. The normalized spacial score (nSPS) is 11.4. The van der Waals surface area contributed by atoms with E-state index in [0.29, 0.717) is 17.4 Å². The first-order valence-corrected chi connectivity index (χ1v) is 10.1. The predicted octanol–water partition coefficient (Wildman–Crippen LogP) is 5.78. The van der Waals surface area contributed by atoms with Crippen molar-refractivity contribution in [1.82, 2.24) is 0 Å². The lowest BCUT2D eigenvalue weighted by Gasteiger charge is -2.11. The third-order valence-electron chi connectivity index (χ3n) is 4.59. The minimum Gasteiger partial charge on any atom is -0.489 e. The van der Waals surface area contributed by atoms with E-state index in [1.165, 1.54) is 0 Å². The second kappa shape index (κ2) is 12.5. The fourth-order valence-corrected chi connectivity index (χ4v) is 3.19. The quantitative estimate of drug-likeness (QED) is 0.413. The van der Waals surface area contributed by atoms with E-state index in [9.17, 15) is 0 Å². The summed E-state index contributed by atoms with van der Waals surface area (Å²) in [7, 11) is 0. The van der Waals surface area contributed by atoms with Crippen LogP contribution in [0.25, 0.3) is 0 Å². The summed E-state index contributed by atoms with van der Waals surface area (Å²) in [5.41, 5.74) is 7.91. The Balaban J connectivity index is 0.00000320. The van der Waals surface area contributed by atoms with Crippen molar-refractivity contribution in [2.75, 3.05) is 6.61 Å². The minimum absolute atomic E-state index is 0. The van der Waals surface area contributed by atoms with Gasteiger partial charge in [0.05, 0.1) is 6.61 Å². The van der Waals surface area contributed by atoms with Gasteiger partial charge in [-0.25, -0.2) is 0 Å². The Bertz CT molecular complexity index is 889. The molecule has 3 N–H and O–H groups in total. The van der Waals surface area contributed by atoms with E-state index in [1.807, 2.05) is 72.8 Å². The van der Waals surface area contributed by atoms with Crippen LogP contribution in [0, 0.1) is 0 Å². The minimum atomic E-state index is -0.170. The van der Waals surface area contributed by atoms with Crippen molar-refractivity contribution in [2.45, 2.75) is 31.9 Å². The maximum absolute atomic E-state index is 8.99. The van der Waals surface area contributed by atoms with Crippen LogP contribution < -0.4 is 15.2 Å². The number of nitrogens with two attached hydrogens (primary N) is 1. The van der Waals surface area contributed by atoms with E-state index < -0.39 is 0 Å². The molecule has 0 aliphatic rings. The molecule has 1 unspecified atom stereocenters. The number of halogens is 2. The maximum atomic E-state index is 8.99. The van der Waals surface area contributed by atoms with Crippen LogP contribution in [0.5, 0.6) is 17.2 Å². The zero-order chi connectivity index (χ0) is 20.5. The van der Waals surface area contributed by atoms with Crippen molar-refractivity contribution in [3.05, 3.63) is 88.9 Å². The van der Waals surface area contributed by atoms with Gasteiger partial charge in [0, 0.05) is 11.1 Å². The molecule has 0 aliphatic heterocycles. The lowest BCUT2D eigenvalue weighted by Crippen LogP contribution is -2.24. The summed E-state index contributed by atoms with van der Waals surface area (Å²) in [6.45, 7) is 0.540. The Morgan fingerprint density at radius 3 is 2.23 bits per heavy atom. The molecule has 30 heavy (non-hydrogen) atoms. The highest BCUT2D eigenvalue weighted by atomic mass is 35.5. The number of hydrogen-bond acceptors (Lipinski definition) is 4. The third-order valence-corrected chi connectivity index (χ3v) is 4.94. The van der Waals surface area contributed by atoms with Gasteiger partial charge < -0.3 is 20.3 Å². The second-order valence-electron chi connectivity index (χ2n) is 6.94. The maximum Gasteiger partial charge on any atom is 0.128 e. The first-order chi connectivity index (χ1) is 14.1. The summed E-state index contributed by atoms with van der Waals surface area (Å²) in [6, 6.07) is 23.1. The summed E-state index contributed by atoms with van der Waals surface area (Å²) in [5, 5.41) is 9.66. The van der Waals surface area contributed by atoms with E-state index >= 15 is 0 Å². The van der Waals surface area contributed by atoms with Crippen molar-refractivity contribution >= 4 is 24.0 Å². The van der Waals surface area contributed by atoms with Crippen molar-refractivity contribution in [2.24, 2.45) is 5.73 Å². The van der Waals surface area contributed by atoms with Crippen LogP contribution in [-0.4, -0.2) is 17.8 Å². The molecule has 0 heterocycles.